The van der Waals surface area contributed by atoms with Crippen LogP contribution >= 0.6 is 0 Å². The summed E-state index contributed by atoms with van der Waals surface area (Å²) in [5.41, 5.74) is 1.81. The Morgan fingerprint density at radius 1 is 1.35 bits per heavy atom. The van der Waals surface area contributed by atoms with Gasteiger partial charge in [0.2, 0.25) is 11.8 Å². The third kappa shape index (κ3) is 3.56. The molecule has 1 saturated heterocycles. The Morgan fingerprint density at radius 2 is 2.13 bits per heavy atom. The average Bonchev–Trinajstić information content (AvgIpc) is 3.18. The first-order valence-corrected chi connectivity index (χ1v) is 7.65. The van der Waals surface area contributed by atoms with Crippen LogP contribution in [0.3, 0.4) is 0 Å². The summed E-state index contributed by atoms with van der Waals surface area (Å²) in [7, 11) is 0. The van der Waals surface area contributed by atoms with Crippen LogP contribution in [0.2, 0.25) is 0 Å². The van der Waals surface area contributed by atoms with E-state index in [-0.39, 0.29) is 17.7 Å². The number of hydrogen-bond donors (Lipinski definition) is 1. The summed E-state index contributed by atoms with van der Waals surface area (Å²) in [4.78, 5) is 29.6. The van der Waals surface area contributed by atoms with Crippen molar-refractivity contribution in [3.05, 3.63) is 42.5 Å². The molecule has 1 aliphatic heterocycles. The second-order valence-corrected chi connectivity index (χ2v) is 5.61. The Balaban J connectivity index is 1.58. The van der Waals surface area contributed by atoms with E-state index < -0.39 is 0 Å². The number of rotatable bonds is 5. The van der Waals surface area contributed by atoms with Crippen LogP contribution < -0.4 is 5.32 Å². The van der Waals surface area contributed by atoms with E-state index in [1.165, 1.54) is 6.33 Å². The number of likely N-dealkylation sites (tertiary alicyclic amines) is 1. The minimum Gasteiger partial charge on any atom is -0.342 e. The minimum atomic E-state index is -0.266. The number of amides is 2. The number of benzene rings is 1. The Morgan fingerprint density at radius 3 is 2.74 bits per heavy atom. The van der Waals surface area contributed by atoms with Crippen LogP contribution in [0.4, 0.5) is 5.69 Å². The minimum absolute atomic E-state index is 0.0517. The maximum Gasteiger partial charge on any atom is 0.229 e. The second-order valence-electron chi connectivity index (χ2n) is 5.61. The summed E-state index contributed by atoms with van der Waals surface area (Å²) in [6.07, 6.45) is 3.45. The number of anilines is 1. The number of aromatic nitrogens is 3. The van der Waals surface area contributed by atoms with Gasteiger partial charge >= 0.3 is 0 Å². The molecular weight excluding hydrogens is 294 g/mol. The first-order valence-electron chi connectivity index (χ1n) is 7.65. The van der Waals surface area contributed by atoms with Crippen molar-refractivity contribution in [1.29, 1.82) is 0 Å². The van der Waals surface area contributed by atoms with Gasteiger partial charge in [0.25, 0.3) is 0 Å². The van der Waals surface area contributed by atoms with Crippen LogP contribution in [0.1, 0.15) is 18.9 Å². The number of nitrogens with zero attached hydrogens (tertiary/aromatic N) is 4. The molecule has 0 radical (unpaired) electrons. The summed E-state index contributed by atoms with van der Waals surface area (Å²) < 4.78 is 1.73. The van der Waals surface area contributed by atoms with E-state index in [1.807, 2.05) is 31.2 Å². The average molecular weight is 313 g/mol. The highest BCUT2D eigenvalue weighted by Crippen LogP contribution is 2.20. The van der Waals surface area contributed by atoms with E-state index in [4.69, 9.17) is 0 Å². The quantitative estimate of drug-likeness (QED) is 0.897. The van der Waals surface area contributed by atoms with Gasteiger partial charge in [-0.05, 0) is 24.6 Å². The zero-order valence-corrected chi connectivity index (χ0v) is 13.0. The molecule has 7 nitrogen and oxygen atoms in total. The van der Waals surface area contributed by atoms with Gasteiger partial charge in [-0.2, -0.15) is 5.10 Å². The molecule has 1 aromatic heterocycles. The second kappa shape index (κ2) is 6.60. The zero-order valence-electron chi connectivity index (χ0n) is 13.0. The van der Waals surface area contributed by atoms with Crippen LogP contribution in [0, 0.1) is 5.92 Å². The summed E-state index contributed by atoms with van der Waals surface area (Å²) in [5, 5.41) is 6.94. The first-order chi connectivity index (χ1) is 11.2. The fourth-order valence-electron chi connectivity index (χ4n) is 2.69. The lowest BCUT2D eigenvalue weighted by Gasteiger charge is -2.13. The summed E-state index contributed by atoms with van der Waals surface area (Å²) in [6.45, 7) is 3.72. The van der Waals surface area contributed by atoms with E-state index in [0.717, 1.165) is 11.3 Å². The summed E-state index contributed by atoms with van der Waals surface area (Å²) >= 11 is 0. The molecule has 1 atom stereocenters. The fraction of sp³-hybridized carbons (Fsp3) is 0.375. The van der Waals surface area contributed by atoms with E-state index in [1.54, 1.807) is 15.9 Å². The molecule has 0 saturated carbocycles. The third-order valence-electron chi connectivity index (χ3n) is 4.00. The number of nitrogens with one attached hydrogen (secondary N) is 1. The molecule has 2 aromatic rings. The lowest BCUT2D eigenvalue weighted by Crippen LogP contribution is -2.28. The molecule has 1 fully saturated rings. The SMILES string of the molecule is CCN1C[C@@H](C(=O)Nc2ccc(Cn3cncn3)cc2)CC1=O. The van der Waals surface area contributed by atoms with Crippen molar-refractivity contribution in [3.63, 3.8) is 0 Å². The highest BCUT2D eigenvalue weighted by molar-refractivity contribution is 5.97. The predicted octanol–water partition coefficient (Wildman–Crippen LogP) is 1.13. The molecular formula is C16H19N5O2. The van der Waals surface area contributed by atoms with Crippen LogP contribution in [-0.4, -0.2) is 44.6 Å². The van der Waals surface area contributed by atoms with Gasteiger partial charge in [-0.3, -0.25) is 9.59 Å². The number of hydrogen-bond acceptors (Lipinski definition) is 4. The van der Waals surface area contributed by atoms with Gasteiger partial charge in [0.05, 0.1) is 12.5 Å². The van der Waals surface area contributed by atoms with Crippen molar-refractivity contribution in [1.82, 2.24) is 19.7 Å². The highest BCUT2D eigenvalue weighted by atomic mass is 16.2. The first kappa shape index (κ1) is 15.2. The maximum atomic E-state index is 12.3. The predicted molar refractivity (Wildman–Crippen MR) is 84.6 cm³/mol. The van der Waals surface area contributed by atoms with Crippen molar-refractivity contribution in [3.8, 4) is 0 Å². The maximum absolute atomic E-state index is 12.3. The summed E-state index contributed by atoms with van der Waals surface area (Å²) in [6, 6.07) is 7.60. The molecule has 1 aromatic carbocycles. The van der Waals surface area contributed by atoms with Gasteiger partial charge in [-0.1, -0.05) is 12.1 Å². The molecule has 120 valence electrons. The van der Waals surface area contributed by atoms with Crippen molar-refractivity contribution in [2.24, 2.45) is 5.92 Å². The van der Waals surface area contributed by atoms with E-state index >= 15 is 0 Å². The van der Waals surface area contributed by atoms with Crippen molar-refractivity contribution in [2.45, 2.75) is 19.9 Å². The molecule has 0 spiro atoms. The molecule has 0 unspecified atom stereocenters. The lowest BCUT2D eigenvalue weighted by molar-refractivity contribution is -0.128. The van der Waals surface area contributed by atoms with Crippen LogP contribution in [-0.2, 0) is 16.1 Å². The molecule has 2 heterocycles. The summed E-state index contributed by atoms with van der Waals surface area (Å²) in [5.74, 6) is -0.313. The van der Waals surface area contributed by atoms with Gasteiger partial charge in [0, 0.05) is 25.2 Å². The lowest BCUT2D eigenvalue weighted by atomic mass is 10.1. The molecule has 1 aliphatic rings. The third-order valence-corrected chi connectivity index (χ3v) is 4.00. The molecule has 0 aliphatic carbocycles. The molecule has 2 amide bonds. The van der Waals surface area contributed by atoms with Gasteiger partial charge in [0.15, 0.2) is 0 Å². The van der Waals surface area contributed by atoms with Crippen LogP contribution in [0.15, 0.2) is 36.9 Å². The molecule has 3 rings (SSSR count). The number of carbonyl (C=O) groups excluding carboxylic acids is 2. The van der Waals surface area contributed by atoms with Gasteiger partial charge in [-0.25, -0.2) is 9.67 Å². The Labute approximate surface area is 134 Å². The zero-order chi connectivity index (χ0) is 16.2. The molecule has 1 N–H and O–H groups in total. The normalized spacial score (nSPS) is 17.5. The van der Waals surface area contributed by atoms with Crippen molar-refractivity contribution >= 4 is 17.5 Å². The Bertz CT molecular complexity index is 681. The topological polar surface area (TPSA) is 80.1 Å². The monoisotopic (exact) mass is 313 g/mol. The Kier molecular flexibility index (Phi) is 4.36. The highest BCUT2D eigenvalue weighted by Gasteiger charge is 2.33. The van der Waals surface area contributed by atoms with Crippen LogP contribution in [0.5, 0.6) is 0 Å². The smallest absolute Gasteiger partial charge is 0.229 e. The van der Waals surface area contributed by atoms with E-state index in [2.05, 4.69) is 15.4 Å². The largest absolute Gasteiger partial charge is 0.342 e. The molecule has 0 bridgehead atoms. The van der Waals surface area contributed by atoms with Crippen molar-refractivity contribution < 1.29 is 9.59 Å². The van der Waals surface area contributed by atoms with Gasteiger partial charge < -0.3 is 10.2 Å². The van der Waals surface area contributed by atoms with E-state index in [0.29, 0.717) is 26.1 Å². The Hall–Kier alpha value is -2.70. The van der Waals surface area contributed by atoms with Gasteiger partial charge in [-0.15, -0.1) is 0 Å². The molecule has 7 heteroatoms. The van der Waals surface area contributed by atoms with Gasteiger partial charge in [0.1, 0.15) is 12.7 Å². The number of carbonyl (C=O) groups is 2. The van der Waals surface area contributed by atoms with E-state index in [9.17, 15) is 9.59 Å². The van der Waals surface area contributed by atoms with Crippen molar-refractivity contribution in [2.75, 3.05) is 18.4 Å². The molecule has 23 heavy (non-hydrogen) atoms. The fourth-order valence-corrected chi connectivity index (χ4v) is 2.69. The van der Waals surface area contributed by atoms with Crippen LogP contribution in [0.25, 0.3) is 0 Å². The standard InChI is InChI=1S/C16H19N5O2/c1-2-20-9-13(7-15(20)22)16(23)19-14-5-3-12(4-6-14)8-21-11-17-10-18-21/h3-6,10-11,13H,2,7-9H2,1H3,(H,19,23)/t13-/m0/s1.